The van der Waals surface area contributed by atoms with Gasteiger partial charge in [-0.05, 0) is 25.0 Å². The van der Waals surface area contributed by atoms with E-state index < -0.39 is 11.9 Å². The summed E-state index contributed by atoms with van der Waals surface area (Å²) in [5.74, 6) is -1.84. The summed E-state index contributed by atoms with van der Waals surface area (Å²) >= 11 is 0. The van der Waals surface area contributed by atoms with Crippen LogP contribution >= 0.6 is 0 Å². The highest BCUT2D eigenvalue weighted by Crippen LogP contribution is 2.13. The second kappa shape index (κ2) is 7.25. The molecule has 1 atom stereocenters. The number of carbonyl (C=O) groups excluding carboxylic acids is 1. The average molecular weight is 244 g/mol. The maximum Gasteiger partial charge on any atom is 0.307 e. The van der Waals surface area contributed by atoms with Gasteiger partial charge in [0.2, 0.25) is 0 Å². The number of rotatable bonds is 6. The first-order valence-corrected chi connectivity index (χ1v) is 5.80. The van der Waals surface area contributed by atoms with Gasteiger partial charge in [-0.1, -0.05) is 30.3 Å². The van der Waals surface area contributed by atoms with Crippen molar-refractivity contribution in [2.24, 2.45) is 5.92 Å². The van der Waals surface area contributed by atoms with Gasteiger partial charge in [0, 0.05) is 12.5 Å². The summed E-state index contributed by atoms with van der Waals surface area (Å²) in [4.78, 5) is 22.6. The molecule has 0 aliphatic rings. The van der Waals surface area contributed by atoms with Crippen LogP contribution < -0.4 is 0 Å². The lowest BCUT2D eigenvalue weighted by Crippen LogP contribution is -2.19. The van der Waals surface area contributed by atoms with Crippen LogP contribution in [0.2, 0.25) is 0 Å². The third-order valence-corrected chi connectivity index (χ3v) is 2.53. The molecule has 0 heterocycles. The molecular formula is C15H16O3. The molecule has 1 unspecified atom stereocenters. The second-order valence-electron chi connectivity index (χ2n) is 4.00. The minimum Gasteiger partial charge on any atom is -0.481 e. The third kappa shape index (κ3) is 4.81. The Morgan fingerprint density at radius 3 is 2.56 bits per heavy atom. The van der Waals surface area contributed by atoms with Crippen molar-refractivity contribution in [3.63, 3.8) is 0 Å². The molecular weight excluding hydrogens is 228 g/mol. The molecule has 0 amide bonds. The Bertz CT molecular complexity index is 468. The van der Waals surface area contributed by atoms with E-state index in [1.54, 1.807) is 13.0 Å². The van der Waals surface area contributed by atoms with E-state index in [2.05, 4.69) is 5.73 Å². The average Bonchev–Trinajstić information content (AvgIpc) is 2.36. The first kappa shape index (κ1) is 13.9. The van der Waals surface area contributed by atoms with Crippen molar-refractivity contribution in [3.8, 4) is 0 Å². The Hall–Kier alpha value is -2.12. The van der Waals surface area contributed by atoms with E-state index in [1.165, 1.54) is 6.08 Å². The molecule has 0 aromatic heterocycles. The molecule has 0 bridgehead atoms. The van der Waals surface area contributed by atoms with E-state index in [1.807, 2.05) is 30.3 Å². The van der Waals surface area contributed by atoms with Gasteiger partial charge in [-0.3, -0.25) is 9.59 Å². The van der Waals surface area contributed by atoms with Crippen molar-refractivity contribution in [2.75, 3.05) is 0 Å². The summed E-state index contributed by atoms with van der Waals surface area (Å²) in [5.41, 5.74) is 3.59. The molecule has 3 nitrogen and oxygen atoms in total. The number of aliphatic carboxylic acids is 1. The van der Waals surface area contributed by atoms with E-state index >= 15 is 0 Å². The normalized spacial score (nSPS) is 11.2. The zero-order valence-corrected chi connectivity index (χ0v) is 10.3. The predicted octanol–water partition coefficient (Wildman–Crippen LogP) is 2.62. The van der Waals surface area contributed by atoms with E-state index in [9.17, 15) is 9.59 Å². The predicted molar refractivity (Wildman–Crippen MR) is 69.2 cm³/mol. The minimum absolute atomic E-state index is 0.00503. The molecule has 3 heteroatoms. The first-order chi connectivity index (χ1) is 8.63. The van der Waals surface area contributed by atoms with Crippen LogP contribution in [0, 0.1) is 5.92 Å². The molecule has 1 N–H and O–H groups in total. The summed E-state index contributed by atoms with van der Waals surface area (Å²) in [6, 6.07) is 9.31. The highest BCUT2D eigenvalue weighted by Gasteiger charge is 2.20. The van der Waals surface area contributed by atoms with Gasteiger partial charge >= 0.3 is 5.97 Å². The highest BCUT2D eigenvalue weighted by atomic mass is 16.4. The number of hydrogen-bond acceptors (Lipinski definition) is 2. The summed E-state index contributed by atoms with van der Waals surface area (Å²) in [6.45, 7) is 1.75. The van der Waals surface area contributed by atoms with Gasteiger partial charge < -0.3 is 5.11 Å². The van der Waals surface area contributed by atoms with E-state index in [0.717, 1.165) is 5.56 Å². The van der Waals surface area contributed by atoms with Gasteiger partial charge in [0.1, 0.15) is 0 Å². The quantitative estimate of drug-likeness (QED) is 0.618. The number of ketones is 1. The smallest absolute Gasteiger partial charge is 0.307 e. The summed E-state index contributed by atoms with van der Waals surface area (Å²) < 4.78 is 0. The van der Waals surface area contributed by atoms with Gasteiger partial charge in [0.15, 0.2) is 5.78 Å². The Balaban J connectivity index is 2.70. The SMILES string of the molecule is CC=C=CC(=O)CC(Cc1ccccc1)C(=O)O. The van der Waals surface area contributed by atoms with Gasteiger partial charge in [-0.25, -0.2) is 0 Å². The first-order valence-electron chi connectivity index (χ1n) is 5.80. The Morgan fingerprint density at radius 1 is 1.33 bits per heavy atom. The van der Waals surface area contributed by atoms with Crippen molar-refractivity contribution >= 4 is 11.8 Å². The Kier molecular flexibility index (Phi) is 5.62. The number of benzene rings is 1. The monoisotopic (exact) mass is 244 g/mol. The molecule has 0 aliphatic carbocycles. The van der Waals surface area contributed by atoms with Crippen molar-refractivity contribution in [1.82, 2.24) is 0 Å². The number of hydrogen-bond donors (Lipinski definition) is 1. The summed E-state index contributed by atoms with van der Waals surface area (Å²) in [6.07, 6.45) is 3.28. The molecule has 0 radical (unpaired) electrons. The van der Waals surface area contributed by atoms with Crippen LogP contribution in [0.25, 0.3) is 0 Å². The van der Waals surface area contributed by atoms with Crippen molar-refractivity contribution < 1.29 is 14.7 Å². The summed E-state index contributed by atoms with van der Waals surface area (Å²) in [7, 11) is 0. The maximum absolute atomic E-state index is 11.5. The number of carboxylic acid groups (broad SMARTS) is 1. The van der Waals surface area contributed by atoms with Crippen molar-refractivity contribution in [1.29, 1.82) is 0 Å². The van der Waals surface area contributed by atoms with Crippen LogP contribution in [-0.4, -0.2) is 16.9 Å². The van der Waals surface area contributed by atoms with Crippen LogP contribution in [0.3, 0.4) is 0 Å². The fraction of sp³-hybridized carbons (Fsp3) is 0.267. The Morgan fingerprint density at radius 2 is 2.00 bits per heavy atom. The molecule has 18 heavy (non-hydrogen) atoms. The third-order valence-electron chi connectivity index (χ3n) is 2.53. The van der Waals surface area contributed by atoms with Gasteiger partial charge in [-0.15, -0.1) is 5.73 Å². The highest BCUT2D eigenvalue weighted by molar-refractivity contribution is 5.92. The second-order valence-corrected chi connectivity index (χ2v) is 4.00. The lowest BCUT2D eigenvalue weighted by molar-refractivity contribution is -0.143. The molecule has 94 valence electrons. The van der Waals surface area contributed by atoms with Crippen molar-refractivity contribution in [3.05, 3.63) is 53.8 Å². The summed E-state index contributed by atoms with van der Waals surface area (Å²) in [5, 5.41) is 9.11. The zero-order valence-electron chi connectivity index (χ0n) is 10.3. The topological polar surface area (TPSA) is 54.4 Å². The maximum atomic E-state index is 11.5. The molecule has 0 aliphatic heterocycles. The minimum atomic E-state index is -0.943. The van der Waals surface area contributed by atoms with Crippen LogP contribution in [0.5, 0.6) is 0 Å². The fourth-order valence-electron chi connectivity index (χ4n) is 1.62. The van der Waals surface area contributed by atoms with Crippen LogP contribution in [-0.2, 0) is 16.0 Å². The van der Waals surface area contributed by atoms with E-state index in [-0.39, 0.29) is 12.2 Å². The molecule has 1 aromatic rings. The zero-order chi connectivity index (χ0) is 13.4. The van der Waals surface area contributed by atoms with Gasteiger partial charge in [0.25, 0.3) is 0 Å². The van der Waals surface area contributed by atoms with E-state index in [0.29, 0.717) is 6.42 Å². The standard InChI is InChI=1S/C15H16O3/c1-2-3-9-14(16)11-13(15(17)18)10-12-7-5-4-6-8-12/h2,4-9,13H,10-11H2,1H3,(H,17,18). The molecule has 1 rings (SSSR count). The molecule has 0 saturated heterocycles. The fourth-order valence-corrected chi connectivity index (χ4v) is 1.62. The van der Waals surface area contributed by atoms with E-state index in [4.69, 9.17) is 5.11 Å². The largest absolute Gasteiger partial charge is 0.481 e. The molecule has 0 saturated carbocycles. The van der Waals surface area contributed by atoms with Crippen LogP contribution in [0.4, 0.5) is 0 Å². The van der Waals surface area contributed by atoms with Crippen LogP contribution in [0.1, 0.15) is 18.9 Å². The number of carbonyl (C=O) groups is 2. The van der Waals surface area contributed by atoms with Crippen LogP contribution in [0.15, 0.2) is 48.2 Å². The number of carboxylic acids is 1. The molecule has 0 spiro atoms. The molecule has 1 aromatic carbocycles. The number of allylic oxidation sites excluding steroid dienone is 1. The lowest BCUT2D eigenvalue weighted by atomic mass is 9.94. The Labute approximate surface area is 106 Å². The molecule has 0 fully saturated rings. The van der Waals surface area contributed by atoms with Gasteiger partial charge in [-0.2, -0.15) is 0 Å². The van der Waals surface area contributed by atoms with Gasteiger partial charge in [0.05, 0.1) is 5.92 Å². The lowest BCUT2D eigenvalue weighted by Gasteiger charge is -2.10. The van der Waals surface area contributed by atoms with Crippen molar-refractivity contribution in [2.45, 2.75) is 19.8 Å².